The maximum absolute atomic E-state index is 11.4. The number of nitrogens with one attached hydrogen (secondary N) is 1. The topological polar surface area (TPSA) is 119 Å². The highest BCUT2D eigenvalue weighted by Gasteiger charge is 2.46. The van der Waals surface area contributed by atoms with Gasteiger partial charge in [0.2, 0.25) is 0 Å². The molecule has 0 spiro atoms. The van der Waals surface area contributed by atoms with E-state index in [1.807, 2.05) is 5.32 Å². The molecule has 0 aromatic heterocycles. The summed E-state index contributed by atoms with van der Waals surface area (Å²) < 4.78 is 2.52. The van der Waals surface area contributed by atoms with Crippen molar-refractivity contribution in [2.24, 2.45) is 0 Å². The van der Waals surface area contributed by atoms with Crippen LogP contribution in [0.2, 0.25) is 0 Å². The SMILES string of the molecule is O=C(N[C@@H]1[C@@H](O)[C@H](O)[C@@H](CO)O[C@H]1O)C(Cl)(Cl)Cl. The molecule has 1 aliphatic heterocycles. The normalized spacial score (nSPS) is 37.4. The molecule has 106 valence electrons. The molecule has 0 saturated carbocycles. The first kappa shape index (κ1) is 16.2. The number of hydrogen-bond acceptors (Lipinski definition) is 6. The lowest BCUT2D eigenvalue weighted by molar-refractivity contribution is -0.253. The van der Waals surface area contributed by atoms with Gasteiger partial charge in [-0.2, -0.15) is 0 Å². The van der Waals surface area contributed by atoms with E-state index in [1.54, 1.807) is 0 Å². The predicted octanol–water partition coefficient (Wildman–Crippen LogP) is -1.73. The van der Waals surface area contributed by atoms with Gasteiger partial charge in [0.25, 0.3) is 9.70 Å². The number of halogens is 3. The summed E-state index contributed by atoms with van der Waals surface area (Å²) in [4.78, 5) is 11.4. The molecule has 0 unspecified atom stereocenters. The molecule has 5 atom stereocenters. The molecular weight excluding hydrogens is 312 g/mol. The van der Waals surface area contributed by atoms with Crippen LogP contribution in [-0.2, 0) is 9.53 Å². The number of carbonyl (C=O) groups is 1. The molecule has 1 heterocycles. The van der Waals surface area contributed by atoms with Crippen LogP contribution in [0.25, 0.3) is 0 Å². The Morgan fingerprint density at radius 1 is 1.22 bits per heavy atom. The third-order valence-corrected chi connectivity index (χ3v) is 2.97. The first-order valence-corrected chi connectivity index (χ1v) is 6.00. The fourth-order valence-electron chi connectivity index (χ4n) is 1.49. The molecule has 1 amide bonds. The Morgan fingerprint density at radius 2 is 1.78 bits per heavy atom. The van der Waals surface area contributed by atoms with Crippen LogP contribution in [0.15, 0.2) is 0 Å². The Bertz CT molecular complexity index is 312. The van der Waals surface area contributed by atoms with Crippen molar-refractivity contribution in [1.82, 2.24) is 5.32 Å². The summed E-state index contributed by atoms with van der Waals surface area (Å²) in [5.41, 5.74) is 0. The number of carbonyl (C=O) groups excluding carboxylic acids is 1. The maximum atomic E-state index is 11.4. The Labute approximate surface area is 117 Å². The van der Waals surface area contributed by atoms with Gasteiger partial charge in [-0.25, -0.2) is 0 Å². The molecule has 7 nitrogen and oxygen atoms in total. The lowest BCUT2D eigenvalue weighted by Gasteiger charge is -2.40. The molecule has 0 aromatic carbocycles. The fraction of sp³-hybridized carbons (Fsp3) is 0.875. The van der Waals surface area contributed by atoms with E-state index in [0.717, 1.165) is 0 Å². The number of rotatable bonds is 2. The summed E-state index contributed by atoms with van der Waals surface area (Å²) in [6, 6.07) is -1.38. The van der Waals surface area contributed by atoms with E-state index in [9.17, 15) is 20.1 Å². The van der Waals surface area contributed by atoms with E-state index in [1.165, 1.54) is 0 Å². The Hall–Kier alpha value is 0.140. The monoisotopic (exact) mass is 323 g/mol. The van der Waals surface area contributed by atoms with Crippen LogP contribution in [0.1, 0.15) is 0 Å². The van der Waals surface area contributed by atoms with Gasteiger partial charge in [-0.3, -0.25) is 4.79 Å². The molecule has 1 saturated heterocycles. The van der Waals surface area contributed by atoms with Crippen LogP contribution in [0.4, 0.5) is 0 Å². The number of aliphatic hydroxyl groups excluding tert-OH is 4. The van der Waals surface area contributed by atoms with Crippen molar-refractivity contribution >= 4 is 40.7 Å². The molecule has 0 radical (unpaired) electrons. The van der Waals surface area contributed by atoms with Crippen LogP contribution >= 0.6 is 34.8 Å². The first-order chi connectivity index (χ1) is 8.18. The second kappa shape index (κ2) is 6.06. The Balaban J connectivity index is 2.74. The van der Waals surface area contributed by atoms with E-state index < -0.39 is 47.0 Å². The summed E-state index contributed by atoms with van der Waals surface area (Å²) in [6.07, 6.45) is -5.91. The molecule has 18 heavy (non-hydrogen) atoms. The lowest BCUT2D eigenvalue weighted by Crippen LogP contribution is -2.65. The summed E-state index contributed by atoms with van der Waals surface area (Å²) in [5.74, 6) is -1.09. The van der Waals surface area contributed by atoms with Crippen LogP contribution in [0, 0.1) is 0 Å². The summed E-state index contributed by atoms with van der Waals surface area (Å²) in [6.45, 7) is -0.611. The number of hydrogen-bond donors (Lipinski definition) is 5. The zero-order chi connectivity index (χ0) is 14.1. The molecule has 1 rings (SSSR count). The van der Waals surface area contributed by atoms with E-state index in [2.05, 4.69) is 0 Å². The standard InChI is InChI=1S/C8H12Cl3NO6/c9-8(10,11)7(17)12-3-5(15)4(14)2(1-13)18-6(3)16/h2-6,13-16H,1H2,(H,12,17)/t2-,3-,4-,5-,6-/m1/s1. The van der Waals surface area contributed by atoms with Gasteiger partial charge in [-0.1, -0.05) is 34.8 Å². The van der Waals surface area contributed by atoms with Crippen molar-refractivity contribution in [2.45, 2.75) is 34.4 Å². The van der Waals surface area contributed by atoms with Crippen LogP contribution in [-0.4, -0.2) is 67.4 Å². The highest BCUT2D eigenvalue weighted by molar-refractivity contribution is 6.76. The fourth-order valence-corrected chi connectivity index (χ4v) is 1.65. The molecule has 10 heteroatoms. The van der Waals surface area contributed by atoms with E-state index in [0.29, 0.717) is 0 Å². The third-order valence-electron chi connectivity index (χ3n) is 2.46. The van der Waals surface area contributed by atoms with Crippen molar-refractivity contribution in [3.63, 3.8) is 0 Å². The van der Waals surface area contributed by atoms with E-state index in [-0.39, 0.29) is 0 Å². The van der Waals surface area contributed by atoms with Crippen molar-refractivity contribution in [2.75, 3.05) is 6.61 Å². The van der Waals surface area contributed by atoms with Crippen molar-refractivity contribution in [3.8, 4) is 0 Å². The van der Waals surface area contributed by atoms with Gasteiger partial charge in [0.15, 0.2) is 6.29 Å². The highest BCUT2D eigenvalue weighted by Crippen LogP contribution is 2.27. The molecule has 1 aliphatic rings. The van der Waals surface area contributed by atoms with Gasteiger partial charge in [0, 0.05) is 0 Å². The smallest absolute Gasteiger partial charge is 0.272 e. The molecule has 0 aliphatic carbocycles. The molecule has 1 fully saturated rings. The number of amides is 1. The van der Waals surface area contributed by atoms with Crippen LogP contribution < -0.4 is 5.32 Å². The highest BCUT2D eigenvalue weighted by atomic mass is 35.6. The van der Waals surface area contributed by atoms with Gasteiger partial charge in [0.1, 0.15) is 24.4 Å². The van der Waals surface area contributed by atoms with E-state index >= 15 is 0 Å². The largest absolute Gasteiger partial charge is 0.394 e. The minimum absolute atomic E-state index is 0.611. The minimum Gasteiger partial charge on any atom is -0.394 e. The second-order valence-electron chi connectivity index (χ2n) is 3.73. The average Bonchev–Trinajstić information content (AvgIpc) is 2.27. The van der Waals surface area contributed by atoms with Gasteiger partial charge >= 0.3 is 0 Å². The average molecular weight is 325 g/mol. The van der Waals surface area contributed by atoms with Crippen LogP contribution in [0.3, 0.4) is 0 Å². The Kier molecular flexibility index (Phi) is 5.45. The van der Waals surface area contributed by atoms with Crippen LogP contribution in [0.5, 0.6) is 0 Å². The molecular formula is C8H12Cl3NO6. The molecule has 0 aromatic rings. The van der Waals surface area contributed by atoms with Gasteiger partial charge in [-0.15, -0.1) is 0 Å². The minimum atomic E-state index is -2.28. The lowest BCUT2D eigenvalue weighted by atomic mass is 9.97. The Morgan fingerprint density at radius 3 is 2.22 bits per heavy atom. The van der Waals surface area contributed by atoms with Gasteiger partial charge in [0.05, 0.1) is 6.61 Å². The summed E-state index contributed by atoms with van der Waals surface area (Å²) in [7, 11) is 0. The maximum Gasteiger partial charge on any atom is 0.272 e. The van der Waals surface area contributed by atoms with E-state index in [4.69, 9.17) is 44.6 Å². The number of aliphatic hydroxyl groups is 4. The zero-order valence-electron chi connectivity index (χ0n) is 8.83. The quantitative estimate of drug-likeness (QED) is 0.385. The second-order valence-corrected chi connectivity index (χ2v) is 6.01. The first-order valence-electron chi connectivity index (χ1n) is 4.86. The van der Waals surface area contributed by atoms with Gasteiger partial charge < -0.3 is 30.5 Å². The zero-order valence-corrected chi connectivity index (χ0v) is 11.1. The van der Waals surface area contributed by atoms with Crippen molar-refractivity contribution in [3.05, 3.63) is 0 Å². The molecule has 0 bridgehead atoms. The van der Waals surface area contributed by atoms with Crippen molar-refractivity contribution < 1.29 is 30.0 Å². The summed E-state index contributed by atoms with van der Waals surface area (Å²) >= 11 is 15.9. The number of alkyl halides is 3. The molecule has 5 N–H and O–H groups in total. The third kappa shape index (κ3) is 3.58. The van der Waals surface area contributed by atoms with Gasteiger partial charge in [-0.05, 0) is 0 Å². The van der Waals surface area contributed by atoms with Crippen molar-refractivity contribution in [1.29, 1.82) is 0 Å². The number of ether oxygens (including phenoxy) is 1. The summed E-state index contributed by atoms with van der Waals surface area (Å²) in [5, 5.41) is 39.6. The predicted molar refractivity (Wildman–Crippen MR) is 62.2 cm³/mol.